The molecular weight excluding hydrogens is 289 g/mol. The van der Waals surface area contributed by atoms with E-state index >= 15 is 0 Å². The van der Waals surface area contributed by atoms with Crippen molar-refractivity contribution in [2.24, 2.45) is 5.73 Å². The highest BCUT2D eigenvalue weighted by Gasteiger charge is 2.09. The summed E-state index contributed by atoms with van der Waals surface area (Å²) < 4.78 is 6.57. The van der Waals surface area contributed by atoms with E-state index in [4.69, 9.17) is 22.1 Å². The molecule has 0 radical (unpaired) electrons. The van der Waals surface area contributed by atoms with Gasteiger partial charge >= 0.3 is 0 Å². The van der Waals surface area contributed by atoms with Crippen molar-refractivity contribution in [1.29, 1.82) is 0 Å². The molecule has 0 aliphatic carbocycles. The van der Waals surface area contributed by atoms with Gasteiger partial charge in [0, 0.05) is 11.6 Å². The highest BCUT2D eigenvalue weighted by atomic mass is 79.9. The zero-order valence-electron chi connectivity index (χ0n) is 9.12. The first-order chi connectivity index (χ1) is 7.65. The van der Waals surface area contributed by atoms with E-state index in [1.54, 1.807) is 6.08 Å². The summed E-state index contributed by atoms with van der Waals surface area (Å²) in [5.41, 5.74) is 8.34. The first-order valence-electron chi connectivity index (χ1n) is 5.06. The third-order valence-corrected chi connectivity index (χ3v) is 2.81. The van der Waals surface area contributed by atoms with Crippen LogP contribution in [0.25, 0.3) is 0 Å². The van der Waals surface area contributed by atoms with Crippen LogP contribution < -0.4 is 10.5 Å². The molecule has 0 saturated carbocycles. The number of rotatable bonds is 5. The van der Waals surface area contributed by atoms with Crippen molar-refractivity contribution >= 4 is 27.5 Å². The van der Waals surface area contributed by atoms with Gasteiger partial charge in [0.15, 0.2) is 0 Å². The molecule has 0 heterocycles. The predicted molar refractivity (Wildman–Crippen MR) is 72.0 cm³/mol. The lowest BCUT2D eigenvalue weighted by Crippen LogP contribution is -2.18. The minimum Gasteiger partial charge on any atom is -0.488 e. The maximum absolute atomic E-state index is 5.79. The number of hydrogen-bond donors (Lipinski definition) is 1. The number of para-hydroxylation sites is 1. The van der Waals surface area contributed by atoms with Gasteiger partial charge in [-0.1, -0.05) is 23.7 Å². The highest BCUT2D eigenvalue weighted by molar-refractivity contribution is 9.10. The number of benzene rings is 1. The molecule has 88 valence electrons. The van der Waals surface area contributed by atoms with E-state index in [1.165, 1.54) is 5.54 Å². The van der Waals surface area contributed by atoms with Crippen LogP contribution >= 0.6 is 27.5 Å². The Kier molecular flexibility index (Phi) is 5.88. The highest BCUT2D eigenvalue weighted by Crippen LogP contribution is 2.29. The van der Waals surface area contributed by atoms with E-state index in [1.807, 2.05) is 25.1 Å². The van der Waals surface area contributed by atoms with E-state index in [-0.39, 0.29) is 6.04 Å². The van der Waals surface area contributed by atoms with Crippen molar-refractivity contribution in [2.75, 3.05) is 6.61 Å². The lowest BCUT2D eigenvalue weighted by molar-refractivity contribution is 0.356. The molecule has 1 aromatic rings. The second kappa shape index (κ2) is 6.94. The molecule has 1 atom stereocenters. The van der Waals surface area contributed by atoms with Gasteiger partial charge in [0.25, 0.3) is 0 Å². The zero-order valence-corrected chi connectivity index (χ0v) is 11.5. The second-order valence-corrected chi connectivity index (χ2v) is 4.69. The molecule has 0 saturated heterocycles. The topological polar surface area (TPSA) is 35.2 Å². The lowest BCUT2D eigenvalue weighted by atomic mass is 10.1. The fourth-order valence-corrected chi connectivity index (χ4v) is 1.99. The minimum absolute atomic E-state index is 0.111. The number of ether oxygens (including phenoxy) is 1. The fraction of sp³-hybridized carbons (Fsp3) is 0.333. The Bertz CT molecular complexity index is 366. The van der Waals surface area contributed by atoms with Gasteiger partial charge in [-0.25, -0.2) is 0 Å². The fourth-order valence-electron chi connectivity index (χ4n) is 1.39. The van der Waals surface area contributed by atoms with Gasteiger partial charge in [-0.15, -0.1) is 0 Å². The summed E-state index contributed by atoms with van der Waals surface area (Å²) in [4.78, 5) is 0. The number of nitrogens with two attached hydrogens (primary N) is 1. The van der Waals surface area contributed by atoms with Crippen LogP contribution in [0.1, 0.15) is 12.5 Å². The van der Waals surface area contributed by atoms with E-state index in [0.717, 1.165) is 22.2 Å². The van der Waals surface area contributed by atoms with Gasteiger partial charge in [0.05, 0.1) is 4.47 Å². The third kappa shape index (κ3) is 4.16. The normalized spacial score (nSPS) is 13.0. The molecule has 0 amide bonds. The van der Waals surface area contributed by atoms with E-state index in [0.29, 0.717) is 6.61 Å². The van der Waals surface area contributed by atoms with Crippen LogP contribution in [0, 0.1) is 0 Å². The molecule has 0 aliphatic rings. The van der Waals surface area contributed by atoms with Crippen LogP contribution in [0.15, 0.2) is 34.3 Å². The first-order valence-corrected chi connectivity index (χ1v) is 6.29. The Labute approximate surface area is 110 Å². The SMILES string of the molecule is CC(N)Cc1cccc(Br)c1OC/C=C/Cl. The van der Waals surface area contributed by atoms with Crippen molar-refractivity contribution in [2.45, 2.75) is 19.4 Å². The summed E-state index contributed by atoms with van der Waals surface area (Å²) in [6, 6.07) is 6.06. The lowest BCUT2D eigenvalue weighted by Gasteiger charge is -2.13. The molecule has 2 N–H and O–H groups in total. The average molecular weight is 305 g/mol. The molecule has 4 heteroatoms. The first kappa shape index (κ1) is 13.6. The Morgan fingerprint density at radius 3 is 2.94 bits per heavy atom. The molecular formula is C12H15BrClNO. The van der Waals surface area contributed by atoms with Crippen LogP contribution in [0.4, 0.5) is 0 Å². The molecule has 0 bridgehead atoms. The summed E-state index contributed by atoms with van der Waals surface area (Å²) in [5.74, 6) is 0.842. The van der Waals surface area contributed by atoms with Gasteiger partial charge in [0.2, 0.25) is 0 Å². The largest absolute Gasteiger partial charge is 0.488 e. The Morgan fingerprint density at radius 1 is 1.56 bits per heavy atom. The molecule has 2 nitrogen and oxygen atoms in total. The van der Waals surface area contributed by atoms with Gasteiger partial charge < -0.3 is 10.5 Å². The van der Waals surface area contributed by atoms with Gasteiger partial charge in [-0.3, -0.25) is 0 Å². The quantitative estimate of drug-likeness (QED) is 0.904. The Hall–Kier alpha value is -0.510. The smallest absolute Gasteiger partial charge is 0.137 e. The Balaban J connectivity index is 2.85. The average Bonchev–Trinajstić information content (AvgIpc) is 2.21. The van der Waals surface area contributed by atoms with Crippen LogP contribution in [-0.2, 0) is 6.42 Å². The molecule has 1 rings (SSSR count). The van der Waals surface area contributed by atoms with Crippen molar-refractivity contribution in [3.05, 3.63) is 39.8 Å². The molecule has 0 aliphatic heterocycles. The van der Waals surface area contributed by atoms with Gasteiger partial charge in [-0.2, -0.15) is 0 Å². The molecule has 0 aromatic heterocycles. The zero-order chi connectivity index (χ0) is 12.0. The number of halogens is 2. The molecule has 0 fully saturated rings. The summed E-state index contributed by atoms with van der Waals surface area (Å²) in [6.07, 6.45) is 2.54. The van der Waals surface area contributed by atoms with Crippen molar-refractivity contribution in [3.63, 3.8) is 0 Å². The molecule has 16 heavy (non-hydrogen) atoms. The number of hydrogen-bond acceptors (Lipinski definition) is 2. The maximum atomic E-state index is 5.79. The van der Waals surface area contributed by atoms with Crippen LogP contribution in [-0.4, -0.2) is 12.6 Å². The van der Waals surface area contributed by atoms with Crippen LogP contribution in [0.5, 0.6) is 5.75 Å². The Morgan fingerprint density at radius 2 is 2.31 bits per heavy atom. The summed E-state index contributed by atoms with van der Waals surface area (Å²) in [6.45, 7) is 2.43. The van der Waals surface area contributed by atoms with E-state index in [9.17, 15) is 0 Å². The van der Waals surface area contributed by atoms with E-state index in [2.05, 4.69) is 15.9 Å². The molecule has 0 spiro atoms. The van der Waals surface area contributed by atoms with E-state index < -0.39 is 0 Å². The predicted octanol–water partition coefficient (Wildman–Crippen LogP) is 3.47. The minimum atomic E-state index is 0.111. The second-order valence-electron chi connectivity index (χ2n) is 3.58. The van der Waals surface area contributed by atoms with Gasteiger partial charge in [0.1, 0.15) is 12.4 Å². The van der Waals surface area contributed by atoms with Crippen molar-refractivity contribution in [3.8, 4) is 5.75 Å². The standard InChI is InChI=1S/C12H15BrClNO/c1-9(15)8-10-4-2-5-11(13)12(10)16-7-3-6-14/h2-6,9H,7-8,15H2,1H3/b6-3+. The van der Waals surface area contributed by atoms with Crippen LogP contribution in [0.3, 0.4) is 0 Å². The van der Waals surface area contributed by atoms with Crippen molar-refractivity contribution in [1.82, 2.24) is 0 Å². The molecule has 1 aromatic carbocycles. The maximum Gasteiger partial charge on any atom is 0.137 e. The summed E-state index contributed by atoms with van der Waals surface area (Å²) >= 11 is 8.91. The monoisotopic (exact) mass is 303 g/mol. The summed E-state index contributed by atoms with van der Waals surface area (Å²) in [5, 5.41) is 0. The van der Waals surface area contributed by atoms with Crippen LogP contribution in [0.2, 0.25) is 0 Å². The third-order valence-electron chi connectivity index (χ3n) is 2.00. The van der Waals surface area contributed by atoms with Crippen molar-refractivity contribution < 1.29 is 4.74 Å². The van der Waals surface area contributed by atoms with Gasteiger partial charge in [-0.05, 0) is 47.0 Å². The molecule has 1 unspecified atom stereocenters. The summed E-state index contributed by atoms with van der Waals surface area (Å²) in [7, 11) is 0.